The topological polar surface area (TPSA) is 37.3 Å². The second-order valence-electron chi connectivity index (χ2n) is 4.08. The van der Waals surface area contributed by atoms with Gasteiger partial charge in [0.1, 0.15) is 5.78 Å². The van der Waals surface area contributed by atoms with Crippen molar-refractivity contribution in [1.29, 1.82) is 0 Å². The van der Waals surface area contributed by atoms with Crippen molar-refractivity contribution < 1.29 is 9.90 Å². The molecule has 0 heterocycles. The first-order valence-electron chi connectivity index (χ1n) is 5.10. The number of rotatable bonds is 1. The standard InChI is InChI=1S/C12H13ClO2/c13-10-3-1-9(2-4-10)12(15)7-5-11(14)6-8-12/h1-4,15H,5-8H2. The van der Waals surface area contributed by atoms with Crippen molar-refractivity contribution in [2.75, 3.05) is 0 Å². The van der Waals surface area contributed by atoms with Crippen LogP contribution in [0.3, 0.4) is 0 Å². The van der Waals surface area contributed by atoms with Crippen molar-refractivity contribution in [3.63, 3.8) is 0 Å². The van der Waals surface area contributed by atoms with Crippen LogP contribution in [0, 0.1) is 0 Å². The minimum Gasteiger partial charge on any atom is -0.385 e. The molecule has 1 fully saturated rings. The fourth-order valence-electron chi connectivity index (χ4n) is 1.99. The normalized spacial score (nSPS) is 20.3. The van der Waals surface area contributed by atoms with Crippen LogP contribution in [0.5, 0.6) is 0 Å². The second kappa shape index (κ2) is 3.95. The smallest absolute Gasteiger partial charge is 0.133 e. The lowest BCUT2D eigenvalue weighted by atomic mass is 9.79. The van der Waals surface area contributed by atoms with Crippen LogP contribution < -0.4 is 0 Å². The van der Waals surface area contributed by atoms with Gasteiger partial charge in [-0.15, -0.1) is 0 Å². The number of aliphatic hydroxyl groups is 1. The Morgan fingerprint density at radius 2 is 1.67 bits per heavy atom. The molecule has 0 aliphatic heterocycles. The first-order chi connectivity index (χ1) is 7.10. The van der Waals surface area contributed by atoms with Crippen LogP contribution in [0.4, 0.5) is 0 Å². The van der Waals surface area contributed by atoms with Gasteiger partial charge in [0.2, 0.25) is 0 Å². The molecule has 3 heteroatoms. The van der Waals surface area contributed by atoms with E-state index in [0.29, 0.717) is 30.7 Å². The summed E-state index contributed by atoms with van der Waals surface area (Å²) < 4.78 is 0. The summed E-state index contributed by atoms with van der Waals surface area (Å²) in [6, 6.07) is 7.20. The maximum absolute atomic E-state index is 11.1. The van der Waals surface area contributed by atoms with Crippen molar-refractivity contribution in [2.45, 2.75) is 31.3 Å². The second-order valence-corrected chi connectivity index (χ2v) is 4.51. The maximum atomic E-state index is 11.1. The van der Waals surface area contributed by atoms with Crippen LogP contribution in [0.2, 0.25) is 5.02 Å². The zero-order valence-electron chi connectivity index (χ0n) is 8.37. The highest BCUT2D eigenvalue weighted by atomic mass is 35.5. The molecule has 1 aliphatic carbocycles. The van der Waals surface area contributed by atoms with Crippen molar-refractivity contribution in [1.82, 2.24) is 0 Å². The summed E-state index contributed by atoms with van der Waals surface area (Å²) in [5.74, 6) is 0.244. The van der Waals surface area contributed by atoms with Crippen LogP contribution >= 0.6 is 11.6 Å². The Labute approximate surface area is 93.9 Å². The van der Waals surface area contributed by atoms with Gasteiger partial charge < -0.3 is 5.11 Å². The number of benzene rings is 1. The molecule has 2 rings (SSSR count). The van der Waals surface area contributed by atoms with Gasteiger partial charge in [-0.1, -0.05) is 23.7 Å². The Morgan fingerprint density at radius 1 is 1.13 bits per heavy atom. The molecule has 1 N–H and O–H groups in total. The SMILES string of the molecule is O=C1CCC(O)(c2ccc(Cl)cc2)CC1. The molecule has 0 unspecified atom stereocenters. The molecule has 1 aromatic rings. The van der Waals surface area contributed by atoms with Crippen LogP contribution in [-0.2, 0) is 10.4 Å². The summed E-state index contributed by atoms with van der Waals surface area (Å²) in [5.41, 5.74) is 0.0257. The van der Waals surface area contributed by atoms with Gasteiger partial charge >= 0.3 is 0 Å². The van der Waals surface area contributed by atoms with Crippen molar-refractivity contribution in [2.24, 2.45) is 0 Å². The van der Waals surface area contributed by atoms with E-state index in [1.807, 2.05) is 12.1 Å². The fourth-order valence-corrected chi connectivity index (χ4v) is 2.12. The van der Waals surface area contributed by atoms with E-state index in [4.69, 9.17) is 11.6 Å². The molecule has 15 heavy (non-hydrogen) atoms. The quantitative estimate of drug-likeness (QED) is 0.797. The van der Waals surface area contributed by atoms with Gasteiger partial charge in [-0.25, -0.2) is 0 Å². The molecular weight excluding hydrogens is 212 g/mol. The summed E-state index contributed by atoms with van der Waals surface area (Å²) in [5, 5.41) is 11.0. The van der Waals surface area contributed by atoms with E-state index in [1.165, 1.54) is 0 Å². The van der Waals surface area contributed by atoms with Gasteiger partial charge in [-0.05, 0) is 30.5 Å². The molecule has 0 radical (unpaired) electrons. The minimum absolute atomic E-state index is 0.244. The van der Waals surface area contributed by atoms with E-state index in [9.17, 15) is 9.90 Å². The van der Waals surface area contributed by atoms with Crippen LogP contribution in [0.1, 0.15) is 31.2 Å². The Morgan fingerprint density at radius 3 is 2.20 bits per heavy atom. The molecule has 80 valence electrons. The van der Waals surface area contributed by atoms with Gasteiger partial charge in [0.05, 0.1) is 5.60 Å². The monoisotopic (exact) mass is 224 g/mol. The Kier molecular flexibility index (Phi) is 2.81. The molecule has 0 amide bonds. The zero-order chi connectivity index (χ0) is 10.9. The largest absolute Gasteiger partial charge is 0.385 e. The molecule has 0 atom stereocenters. The van der Waals surface area contributed by atoms with E-state index < -0.39 is 5.60 Å². The maximum Gasteiger partial charge on any atom is 0.133 e. The Balaban J connectivity index is 2.22. The first kappa shape index (κ1) is 10.7. The van der Waals surface area contributed by atoms with Gasteiger partial charge in [0.15, 0.2) is 0 Å². The van der Waals surface area contributed by atoms with Gasteiger partial charge in [0, 0.05) is 17.9 Å². The zero-order valence-corrected chi connectivity index (χ0v) is 9.13. The van der Waals surface area contributed by atoms with E-state index in [-0.39, 0.29) is 5.78 Å². The van der Waals surface area contributed by atoms with Crippen LogP contribution in [0.15, 0.2) is 24.3 Å². The molecule has 0 saturated heterocycles. The highest BCUT2D eigenvalue weighted by molar-refractivity contribution is 6.30. The summed E-state index contributed by atoms with van der Waals surface area (Å²) in [4.78, 5) is 11.1. The van der Waals surface area contributed by atoms with Gasteiger partial charge in [-0.2, -0.15) is 0 Å². The third-order valence-corrected chi connectivity index (χ3v) is 3.27. The summed E-state index contributed by atoms with van der Waals surface area (Å²) in [6.07, 6.45) is 1.99. The van der Waals surface area contributed by atoms with Crippen molar-refractivity contribution >= 4 is 17.4 Å². The summed E-state index contributed by atoms with van der Waals surface area (Å²) in [6.45, 7) is 0. The molecule has 0 bridgehead atoms. The first-order valence-corrected chi connectivity index (χ1v) is 5.48. The highest BCUT2D eigenvalue weighted by Gasteiger charge is 2.33. The predicted octanol–water partition coefficient (Wildman–Crippen LogP) is 2.67. The number of hydrogen-bond donors (Lipinski definition) is 1. The number of halogens is 1. The predicted molar refractivity (Wildman–Crippen MR) is 58.8 cm³/mol. The van der Waals surface area contributed by atoms with Crippen LogP contribution in [0.25, 0.3) is 0 Å². The third-order valence-electron chi connectivity index (χ3n) is 3.02. The average Bonchev–Trinajstić information content (AvgIpc) is 2.24. The number of Topliss-reactive ketones (excluding diaryl/α,β-unsaturated/α-hetero) is 1. The van der Waals surface area contributed by atoms with Crippen molar-refractivity contribution in [3.05, 3.63) is 34.9 Å². The Bertz CT molecular complexity index is 360. The van der Waals surface area contributed by atoms with E-state index >= 15 is 0 Å². The molecule has 1 aromatic carbocycles. The lowest BCUT2D eigenvalue weighted by Gasteiger charge is -2.31. The number of carbonyl (C=O) groups excluding carboxylic acids is 1. The lowest BCUT2D eigenvalue weighted by molar-refractivity contribution is -0.125. The third kappa shape index (κ3) is 2.21. The molecular formula is C12H13ClO2. The van der Waals surface area contributed by atoms with Gasteiger partial charge in [-0.3, -0.25) is 4.79 Å². The van der Waals surface area contributed by atoms with E-state index in [1.54, 1.807) is 12.1 Å². The molecule has 1 saturated carbocycles. The summed E-state index contributed by atoms with van der Waals surface area (Å²) >= 11 is 5.78. The highest BCUT2D eigenvalue weighted by Crippen LogP contribution is 2.35. The molecule has 0 aromatic heterocycles. The minimum atomic E-state index is -0.835. The molecule has 2 nitrogen and oxygen atoms in total. The van der Waals surface area contributed by atoms with E-state index in [2.05, 4.69) is 0 Å². The van der Waals surface area contributed by atoms with Crippen molar-refractivity contribution in [3.8, 4) is 0 Å². The van der Waals surface area contributed by atoms with Gasteiger partial charge in [0.25, 0.3) is 0 Å². The number of hydrogen-bond acceptors (Lipinski definition) is 2. The van der Waals surface area contributed by atoms with Crippen LogP contribution in [-0.4, -0.2) is 10.9 Å². The molecule has 1 aliphatic rings. The average molecular weight is 225 g/mol. The lowest BCUT2D eigenvalue weighted by Crippen LogP contribution is -2.31. The van der Waals surface area contributed by atoms with E-state index in [0.717, 1.165) is 5.56 Å². The number of carbonyl (C=O) groups is 1. The number of ketones is 1. The molecule has 0 spiro atoms. The summed E-state index contributed by atoms with van der Waals surface area (Å²) in [7, 11) is 0. The fraction of sp³-hybridized carbons (Fsp3) is 0.417. The Hall–Kier alpha value is -0.860.